The molecule has 1 unspecified atom stereocenters. The van der Waals surface area contributed by atoms with Gasteiger partial charge in [0, 0.05) is 18.7 Å². The molecule has 2 saturated heterocycles. The van der Waals surface area contributed by atoms with E-state index in [9.17, 15) is 14.0 Å². The van der Waals surface area contributed by atoms with Crippen LogP contribution in [0.25, 0.3) is 0 Å². The van der Waals surface area contributed by atoms with E-state index in [4.69, 9.17) is 32.7 Å². The Morgan fingerprint density at radius 1 is 0.892 bits per heavy atom. The molecule has 192 valence electrons. The van der Waals surface area contributed by atoms with Gasteiger partial charge in [0.1, 0.15) is 17.1 Å². The van der Waals surface area contributed by atoms with Crippen LogP contribution in [0.3, 0.4) is 0 Å². The number of ether oxygens (including phenoxy) is 2. The number of halogens is 3. The fourth-order valence-corrected chi connectivity index (χ4v) is 5.40. The normalized spacial score (nSPS) is 19.6. The molecule has 2 aliphatic rings. The van der Waals surface area contributed by atoms with Crippen LogP contribution in [0.5, 0.6) is 11.5 Å². The Hall–Kier alpha value is -3.13. The van der Waals surface area contributed by atoms with Gasteiger partial charge in [-0.15, -0.1) is 0 Å². The Morgan fingerprint density at radius 2 is 1.54 bits per heavy atom. The summed E-state index contributed by atoms with van der Waals surface area (Å²) in [4.78, 5) is 30.3. The van der Waals surface area contributed by atoms with E-state index in [0.717, 1.165) is 0 Å². The summed E-state index contributed by atoms with van der Waals surface area (Å²) in [5.41, 5.74) is -0.0306. The van der Waals surface area contributed by atoms with Crippen molar-refractivity contribution < 1.29 is 23.5 Å². The largest absolute Gasteiger partial charge is 0.457 e. The summed E-state index contributed by atoms with van der Waals surface area (Å²) in [7, 11) is 0. The minimum Gasteiger partial charge on any atom is -0.457 e. The number of amides is 2. The maximum absolute atomic E-state index is 13.9. The predicted molar refractivity (Wildman–Crippen MR) is 139 cm³/mol. The second-order valence-corrected chi connectivity index (χ2v) is 10.1. The van der Waals surface area contributed by atoms with Gasteiger partial charge in [0.25, 0.3) is 11.8 Å². The van der Waals surface area contributed by atoms with Gasteiger partial charge < -0.3 is 19.3 Å². The van der Waals surface area contributed by atoms with Gasteiger partial charge in [-0.2, -0.15) is 0 Å². The maximum Gasteiger partial charge on any atom is 0.257 e. The molecule has 6 nitrogen and oxygen atoms in total. The van der Waals surface area contributed by atoms with Gasteiger partial charge in [-0.05, 0) is 49.2 Å². The average Bonchev–Trinajstić information content (AvgIpc) is 2.91. The number of rotatable bonds is 4. The van der Waals surface area contributed by atoms with E-state index in [2.05, 4.69) is 0 Å². The van der Waals surface area contributed by atoms with Crippen LogP contribution >= 0.6 is 23.2 Å². The monoisotopic (exact) mass is 542 g/mol. The summed E-state index contributed by atoms with van der Waals surface area (Å²) in [6.45, 7) is 1.92. The lowest BCUT2D eigenvalue weighted by atomic mass is 9.90. The van der Waals surface area contributed by atoms with E-state index >= 15 is 0 Å². The van der Waals surface area contributed by atoms with Gasteiger partial charge in [-0.3, -0.25) is 9.59 Å². The van der Waals surface area contributed by atoms with Crippen molar-refractivity contribution in [3.8, 4) is 11.5 Å². The smallest absolute Gasteiger partial charge is 0.257 e. The van der Waals surface area contributed by atoms with Crippen LogP contribution in [-0.4, -0.2) is 60.0 Å². The summed E-state index contributed by atoms with van der Waals surface area (Å²) in [6.07, 6.45) is 1.40. The molecule has 0 saturated carbocycles. The van der Waals surface area contributed by atoms with Crippen molar-refractivity contribution in [2.75, 3.05) is 32.8 Å². The molecule has 0 radical (unpaired) electrons. The summed E-state index contributed by atoms with van der Waals surface area (Å²) >= 11 is 11.8. The third kappa shape index (κ3) is 5.44. The zero-order chi connectivity index (χ0) is 26.0. The number of piperidine rings is 1. The highest BCUT2D eigenvalue weighted by Crippen LogP contribution is 2.33. The molecule has 9 heteroatoms. The fourth-order valence-electron chi connectivity index (χ4n) is 4.92. The van der Waals surface area contributed by atoms with E-state index in [1.807, 2.05) is 36.4 Å². The van der Waals surface area contributed by atoms with Crippen LogP contribution in [-0.2, 0) is 4.74 Å². The molecule has 1 spiro atoms. The Morgan fingerprint density at radius 3 is 2.27 bits per heavy atom. The van der Waals surface area contributed by atoms with Gasteiger partial charge in [-0.1, -0.05) is 53.5 Å². The second-order valence-electron chi connectivity index (χ2n) is 9.25. The molecular formula is C28H25Cl2FN2O4. The molecule has 3 aromatic rings. The highest BCUT2D eigenvalue weighted by Gasteiger charge is 2.43. The van der Waals surface area contributed by atoms with E-state index in [-0.39, 0.29) is 27.4 Å². The highest BCUT2D eigenvalue weighted by molar-refractivity contribution is 6.35. The van der Waals surface area contributed by atoms with E-state index < -0.39 is 11.4 Å². The van der Waals surface area contributed by atoms with E-state index in [1.165, 1.54) is 12.1 Å². The van der Waals surface area contributed by atoms with Crippen molar-refractivity contribution in [2.45, 2.75) is 18.4 Å². The van der Waals surface area contributed by atoms with E-state index in [1.54, 1.807) is 28.0 Å². The average molecular weight is 543 g/mol. The lowest BCUT2D eigenvalue weighted by Gasteiger charge is -2.48. The van der Waals surface area contributed by atoms with Gasteiger partial charge in [0.2, 0.25) is 0 Å². The molecule has 1 atom stereocenters. The molecule has 3 aromatic carbocycles. The number of benzene rings is 3. The number of morpholine rings is 1. The Kier molecular flexibility index (Phi) is 7.38. The zero-order valence-corrected chi connectivity index (χ0v) is 21.5. The highest BCUT2D eigenvalue weighted by atomic mass is 35.5. The topological polar surface area (TPSA) is 59.1 Å². The summed E-state index contributed by atoms with van der Waals surface area (Å²) in [5, 5.41) is -0.408. The van der Waals surface area contributed by atoms with Crippen molar-refractivity contribution >= 4 is 35.0 Å². The van der Waals surface area contributed by atoms with Crippen molar-refractivity contribution in [1.82, 2.24) is 9.80 Å². The number of likely N-dealkylation sites (tertiary alicyclic amines) is 1. The number of hydrogen-bond acceptors (Lipinski definition) is 4. The lowest BCUT2D eigenvalue weighted by Crippen LogP contribution is -2.61. The Labute approximate surface area is 224 Å². The molecule has 0 aliphatic carbocycles. The SMILES string of the molecule is O=C(c1cc(Cl)c(F)c(Cl)c1)N1CCCC2(C1)CN(C(=O)c1ccccc1Oc1ccccc1)CCO2. The first-order valence-electron chi connectivity index (χ1n) is 12.0. The maximum atomic E-state index is 13.9. The molecule has 5 rings (SSSR count). The van der Waals surface area contributed by atoms with Crippen molar-refractivity contribution in [3.05, 3.63) is 93.7 Å². The van der Waals surface area contributed by atoms with E-state index in [0.29, 0.717) is 62.7 Å². The number of carbonyl (C=O) groups is 2. The fraction of sp³-hybridized carbons (Fsp3) is 0.286. The summed E-state index contributed by atoms with van der Waals surface area (Å²) < 4.78 is 26.1. The van der Waals surface area contributed by atoms with Crippen molar-refractivity contribution in [2.24, 2.45) is 0 Å². The third-order valence-electron chi connectivity index (χ3n) is 6.68. The van der Waals surface area contributed by atoms with Crippen molar-refractivity contribution in [3.63, 3.8) is 0 Å². The molecule has 37 heavy (non-hydrogen) atoms. The van der Waals surface area contributed by atoms with Crippen LogP contribution in [0.2, 0.25) is 10.0 Å². The molecular weight excluding hydrogens is 518 g/mol. The molecule has 0 N–H and O–H groups in total. The van der Waals surface area contributed by atoms with Crippen LogP contribution in [0.4, 0.5) is 4.39 Å². The summed E-state index contributed by atoms with van der Waals surface area (Å²) in [6, 6.07) is 19.0. The van der Waals surface area contributed by atoms with Crippen LogP contribution in [0.15, 0.2) is 66.7 Å². The Bertz CT molecular complexity index is 1300. The number of hydrogen-bond donors (Lipinski definition) is 0. The van der Waals surface area contributed by atoms with Gasteiger partial charge >= 0.3 is 0 Å². The molecule has 2 heterocycles. The number of nitrogens with zero attached hydrogens (tertiary/aromatic N) is 2. The molecule has 2 fully saturated rings. The minimum absolute atomic E-state index is 0.158. The minimum atomic E-state index is -0.753. The number of para-hydroxylation sites is 2. The zero-order valence-electron chi connectivity index (χ0n) is 20.0. The van der Waals surface area contributed by atoms with Gasteiger partial charge in [0.15, 0.2) is 5.82 Å². The molecule has 2 aliphatic heterocycles. The first kappa shape index (κ1) is 25.5. The number of carbonyl (C=O) groups excluding carboxylic acids is 2. The molecule has 2 amide bonds. The van der Waals surface area contributed by atoms with Crippen LogP contribution < -0.4 is 4.74 Å². The third-order valence-corrected chi connectivity index (χ3v) is 7.23. The van der Waals surface area contributed by atoms with Crippen LogP contribution in [0.1, 0.15) is 33.6 Å². The first-order valence-corrected chi connectivity index (χ1v) is 12.8. The standard InChI is InChI=1S/C28H25Cl2FN2O4/c29-22-15-19(16-23(30)25(22)31)26(34)32-12-6-11-28(17-32)18-33(13-14-36-28)27(35)21-9-4-5-10-24(21)37-20-7-2-1-3-8-20/h1-5,7-10,15-16H,6,11-14,17-18H2. The Balaban J connectivity index is 1.33. The predicted octanol–water partition coefficient (Wildman–Crippen LogP) is 6.07. The van der Waals surface area contributed by atoms with Crippen LogP contribution in [0, 0.1) is 5.82 Å². The molecule has 0 aromatic heterocycles. The molecule has 0 bridgehead atoms. The van der Waals surface area contributed by atoms with Gasteiger partial charge in [-0.25, -0.2) is 4.39 Å². The van der Waals surface area contributed by atoms with Crippen molar-refractivity contribution in [1.29, 1.82) is 0 Å². The first-order chi connectivity index (χ1) is 17.8. The lowest BCUT2D eigenvalue weighted by molar-refractivity contribution is -0.126. The van der Waals surface area contributed by atoms with Gasteiger partial charge in [0.05, 0.1) is 35.3 Å². The quantitative estimate of drug-likeness (QED) is 0.375. The summed E-state index contributed by atoms with van der Waals surface area (Å²) in [5.74, 6) is -0.101. The second kappa shape index (κ2) is 10.7.